The van der Waals surface area contributed by atoms with Crippen molar-refractivity contribution < 1.29 is 9.84 Å². The van der Waals surface area contributed by atoms with Crippen LogP contribution in [0.4, 0.5) is 0 Å². The van der Waals surface area contributed by atoms with Crippen LogP contribution >= 0.6 is 0 Å². The third kappa shape index (κ3) is 4.78. The van der Waals surface area contributed by atoms with Crippen LogP contribution in [0.2, 0.25) is 0 Å². The molecule has 33 heavy (non-hydrogen) atoms. The zero-order valence-corrected chi connectivity index (χ0v) is 19.7. The molecule has 4 nitrogen and oxygen atoms in total. The van der Waals surface area contributed by atoms with Crippen LogP contribution in [0.3, 0.4) is 0 Å². The zero-order valence-electron chi connectivity index (χ0n) is 19.7. The summed E-state index contributed by atoms with van der Waals surface area (Å²) in [6, 6.07) is 26.9. The number of piperidine rings is 1. The molecule has 2 heterocycles. The lowest BCUT2D eigenvalue weighted by Crippen LogP contribution is -2.60. The molecule has 2 saturated heterocycles. The Morgan fingerprint density at radius 1 is 0.909 bits per heavy atom. The highest BCUT2D eigenvalue weighted by atomic mass is 16.5. The molecule has 2 unspecified atom stereocenters. The minimum atomic E-state index is 0.0758. The molecule has 3 atom stereocenters. The molecule has 0 radical (unpaired) electrons. The molecule has 0 spiro atoms. The van der Waals surface area contributed by atoms with Crippen LogP contribution in [0.1, 0.15) is 31.4 Å². The van der Waals surface area contributed by atoms with Gasteiger partial charge in [0.05, 0.1) is 0 Å². The zero-order chi connectivity index (χ0) is 22.8. The molecule has 1 N–H and O–H groups in total. The average molecular weight is 443 g/mol. The van der Waals surface area contributed by atoms with Crippen molar-refractivity contribution in [2.24, 2.45) is 5.92 Å². The van der Waals surface area contributed by atoms with Crippen molar-refractivity contribution in [1.82, 2.24) is 9.80 Å². The number of benzene rings is 3. The Labute approximate surface area is 197 Å². The first-order valence-corrected chi connectivity index (χ1v) is 12.1. The van der Waals surface area contributed by atoms with Crippen molar-refractivity contribution in [3.8, 4) is 17.2 Å². The van der Waals surface area contributed by atoms with E-state index in [9.17, 15) is 5.11 Å². The van der Waals surface area contributed by atoms with Gasteiger partial charge >= 0.3 is 0 Å². The van der Waals surface area contributed by atoms with E-state index in [1.165, 1.54) is 11.1 Å². The summed E-state index contributed by atoms with van der Waals surface area (Å²) in [5.41, 5.74) is 2.63. The maximum Gasteiger partial charge on any atom is 0.127 e. The highest BCUT2D eigenvalue weighted by Crippen LogP contribution is 2.43. The molecule has 4 heteroatoms. The number of fused-ring (bicyclic) bond motifs is 1. The highest BCUT2D eigenvalue weighted by molar-refractivity contribution is 5.35. The van der Waals surface area contributed by atoms with Gasteiger partial charge in [0.25, 0.3) is 0 Å². The lowest BCUT2D eigenvalue weighted by Gasteiger charge is -2.53. The molecule has 0 aromatic heterocycles. The van der Waals surface area contributed by atoms with Crippen molar-refractivity contribution in [2.75, 3.05) is 26.2 Å². The van der Waals surface area contributed by atoms with Gasteiger partial charge in [-0.15, -0.1) is 0 Å². The molecule has 3 aromatic rings. The first-order chi connectivity index (χ1) is 16.0. The number of ether oxygens (including phenoxy) is 1. The number of phenols is 1. The van der Waals surface area contributed by atoms with E-state index in [1.807, 2.05) is 48.5 Å². The van der Waals surface area contributed by atoms with E-state index in [4.69, 9.17) is 4.74 Å². The molecule has 3 aromatic carbocycles. The van der Waals surface area contributed by atoms with Gasteiger partial charge in [0, 0.05) is 38.8 Å². The van der Waals surface area contributed by atoms with Crippen LogP contribution in [-0.2, 0) is 12.0 Å². The summed E-state index contributed by atoms with van der Waals surface area (Å²) in [6.07, 6.45) is 1.12. The molecule has 5 rings (SSSR count). The van der Waals surface area contributed by atoms with Gasteiger partial charge in [0.1, 0.15) is 17.2 Å². The largest absolute Gasteiger partial charge is 0.508 e. The Balaban J connectivity index is 1.27. The van der Waals surface area contributed by atoms with Crippen LogP contribution in [0.5, 0.6) is 17.2 Å². The predicted molar refractivity (Wildman–Crippen MR) is 133 cm³/mol. The van der Waals surface area contributed by atoms with E-state index in [0.717, 1.165) is 50.6 Å². The van der Waals surface area contributed by atoms with Crippen molar-refractivity contribution >= 4 is 0 Å². The lowest BCUT2D eigenvalue weighted by atomic mass is 9.65. The fraction of sp³-hybridized carbons (Fsp3) is 0.379. The lowest BCUT2D eigenvalue weighted by molar-refractivity contribution is -0.00558. The SMILES string of the molecule is CC1CN2CCN(Cc3cccc(Oc4ccccc4)c3)CC2C[C@@]1(C)c1cccc(O)c1. The molecule has 2 aliphatic rings. The maximum atomic E-state index is 10.1. The van der Waals surface area contributed by atoms with Gasteiger partial charge in [-0.25, -0.2) is 0 Å². The highest BCUT2D eigenvalue weighted by Gasteiger charge is 2.44. The number of nitrogens with zero attached hydrogens (tertiary/aromatic N) is 2. The molecule has 0 aliphatic carbocycles. The Hall–Kier alpha value is -2.82. The van der Waals surface area contributed by atoms with Crippen LogP contribution < -0.4 is 4.74 Å². The summed E-state index contributed by atoms with van der Waals surface area (Å²) in [7, 11) is 0. The molecular formula is C29H34N2O2. The van der Waals surface area contributed by atoms with Crippen molar-refractivity contribution in [1.29, 1.82) is 0 Å². The summed E-state index contributed by atoms with van der Waals surface area (Å²) in [5, 5.41) is 10.1. The van der Waals surface area contributed by atoms with Crippen LogP contribution in [0.25, 0.3) is 0 Å². The number of para-hydroxylation sites is 1. The number of aromatic hydroxyl groups is 1. The van der Waals surface area contributed by atoms with E-state index in [-0.39, 0.29) is 5.41 Å². The summed E-state index contributed by atoms with van der Waals surface area (Å²) in [4.78, 5) is 5.27. The Morgan fingerprint density at radius 2 is 1.70 bits per heavy atom. The molecule has 2 fully saturated rings. The van der Waals surface area contributed by atoms with Gasteiger partial charge in [-0.2, -0.15) is 0 Å². The fourth-order valence-electron chi connectivity index (χ4n) is 5.63. The second kappa shape index (κ2) is 9.20. The van der Waals surface area contributed by atoms with Gasteiger partial charge in [-0.05, 0) is 65.3 Å². The number of piperazine rings is 1. The Kier molecular flexibility index (Phi) is 6.13. The fourth-order valence-corrected chi connectivity index (χ4v) is 5.63. The first kappa shape index (κ1) is 22.0. The summed E-state index contributed by atoms with van der Waals surface area (Å²) in [5.74, 6) is 2.67. The smallest absolute Gasteiger partial charge is 0.127 e. The molecule has 0 amide bonds. The first-order valence-electron chi connectivity index (χ1n) is 12.1. The third-order valence-electron chi connectivity index (χ3n) is 7.73. The second-order valence-corrected chi connectivity index (χ2v) is 10.0. The minimum absolute atomic E-state index is 0.0758. The van der Waals surface area contributed by atoms with Crippen molar-refractivity contribution in [3.05, 3.63) is 90.0 Å². The third-order valence-corrected chi connectivity index (χ3v) is 7.73. The van der Waals surface area contributed by atoms with E-state index >= 15 is 0 Å². The molecule has 2 aliphatic heterocycles. The summed E-state index contributed by atoms with van der Waals surface area (Å²) < 4.78 is 6.04. The monoisotopic (exact) mass is 442 g/mol. The van der Waals surface area contributed by atoms with E-state index in [1.54, 1.807) is 6.07 Å². The predicted octanol–water partition coefficient (Wildman–Crippen LogP) is 5.67. The van der Waals surface area contributed by atoms with Gasteiger partial charge in [0.2, 0.25) is 0 Å². The Bertz CT molecular complexity index is 1090. The van der Waals surface area contributed by atoms with Crippen LogP contribution in [0, 0.1) is 5.92 Å². The van der Waals surface area contributed by atoms with E-state index < -0.39 is 0 Å². The van der Waals surface area contributed by atoms with Gasteiger partial charge in [0.15, 0.2) is 0 Å². The second-order valence-electron chi connectivity index (χ2n) is 10.0. The normalized spacial score (nSPS) is 26.0. The van der Waals surface area contributed by atoms with E-state index in [0.29, 0.717) is 17.7 Å². The topological polar surface area (TPSA) is 35.9 Å². The van der Waals surface area contributed by atoms with Crippen molar-refractivity contribution in [3.63, 3.8) is 0 Å². The van der Waals surface area contributed by atoms with Crippen LogP contribution in [0.15, 0.2) is 78.9 Å². The van der Waals surface area contributed by atoms with E-state index in [2.05, 4.69) is 47.9 Å². The summed E-state index contributed by atoms with van der Waals surface area (Å²) in [6.45, 7) is 10.1. The molecule has 0 bridgehead atoms. The standard InChI is InChI=1S/C29H34N2O2/c1-22-19-31-15-14-30(21-25(31)18-29(22,2)24-9-7-10-26(32)17-24)20-23-8-6-13-28(16-23)33-27-11-4-3-5-12-27/h3-13,16-17,22,25,32H,14-15,18-21H2,1-2H3/t22?,25?,29-/m1/s1. The number of phenolic OH excluding ortho intramolecular Hbond substituents is 1. The average Bonchev–Trinajstić information content (AvgIpc) is 2.81. The quantitative estimate of drug-likeness (QED) is 0.552. The summed E-state index contributed by atoms with van der Waals surface area (Å²) >= 11 is 0. The number of rotatable bonds is 5. The maximum absolute atomic E-state index is 10.1. The van der Waals surface area contributed by atoms with Crippen molar-refractivity contribution in [2.45, 2.75) is 38.3 Å². The molecule has 172 valence electrons. The van der Waals surface area contributed by atoms with Crippen LogP contribution in [-0.4, -0.2) is 47.1 Å². The van der Waals surface area contributed by atoms with Gasteiger partial charge in [-0.1, -0.05) is 56.3 Å². The molecule has 0 saturated carbocycles. The number of hydrogen-bond donors (Lipinski definition) is 1. The molecular weight excluding hydrogens is 408 g/mol. The van der Waals surface area contributed by atoms with Gasteiger partial charge in [-0.3, -0.25) is 9.80 Å². The van der Waals surface area contributed by atoms with Gasteiger partial charge < -0.3 is 9.84 Å². The number of hydrogen-bond acceptors (Lipinski definition) is 4. The Morgan fingerprint density at radius 3 is 2.52 bits per heavy atom. The minimum Gasteiger partial charge on any atom is -0.508 e.